The number of hydrogen-bond donors (Lipinski definition) is 1. The van der Waals surface area contributed by atoms with Crippen molar-refractivity contribution in [3.63, 3.8) is 0 Å². The first-order chi connectivity index (χ1) is 9.68. The Bertz CT molecular complexity index is 478. The Hall–Kier alpha value is -1.62. The highest BCUT2D eigenvalue weighted by molar-refractivity contribution is 6.06. The fraction of sp³-hybridized carbons (Fsp3) is 0.600. The molecule has 0 aromatic carbocycles. The molecule has 1 aliphatic carbocycles. The van der Waals surface area contributed by atoms with E-state index in [1.165, 1.54) is 0 Å². The molecule has 1 N–H and O–H groups in total. The maximum absolute atomic E-state index is 12.6. The molecule has 3 aliphatic rings. The number of hydrogen-bond acceptors (Lipinski definition) is 4. The van der Waals surface area contributed by atoms with Gasteiger partial charge < -0.3 is 15.0 Å². The summed E-state index contributed by atoms with van der Waals surface area (Å²) in [6.07, 6.45) is 7.10. The number of rotatable bonds is 2. The third-order valence-corrected chi connectivity index (χ3v) is 4.49. The second kappa shape index (κ2) is 5.40. The van der Waals surface area contributed by atoms with Crippen molar-refractivity contribution in [2.24, 2.45) is 11.8 Å². The fourth-order valence-corrected chi connectivity index (χ4v) is 3.14. The molecule has 0 bridgehead atoms. The van der Waals surface area contributed by atoms with E-state index in [1.54, 1.807) is 17.2 Å². The predicted octanol–water partition coefficient (Wildman–Crippen LogP) is 0.482. The van der Waals surface area contributed by atoms with Gasteiger partial charge in [-0.25, -0.2) is 0 Å². The first-order valence-electron chi connectivity index (χ1n) is 7.19. The lowest BCUT2D eigenvalue weighted by Crippen LogP contribution is -2.48. The average molecular weight is 276 g/mol. The minimum absolute atomic E-state index is 0.0259. The number of ketones is 1. The summed E-state index contributed by atoms with van der Waals surface area (Å²) in [5.41, 5.74) is 0.892. The lowest BCUT2D eigenvalue weighted by atomic mass is 9.82. The number of Topliss-reactive ketones (excluding diaryl/α,β-unsaturated/α-hetero) is 1. The summed E-state index contributed by atoms with van der Waals surface area (Å²) in [6.45, 7) is 2.24. The lowest BCUT2D eigenvalue weighted by Gasteiger charge is -2.34. The van der Waals surface area contributed by atoms with Crippen molar-refractivity contribution in [3.8, 4) is 0 Å². The van der Waals surface area contributed by atoms with Crippen LogP contribution in [-0.4, -0.2) is 49.4 Å². The van der Waals surface area contributed by atoms with E-state index in [0.717, 1.165) is 31.5 Å². The Morgan fingerprint density at radius 2 is 2.15 bits per heavy atom. The normalized spacial score (nSPS) is 29.6. The highest BCUT2D eigenvalue weighted by atomic mass is 16.5. The number of carbonyl (C=O) groups excluding carboxylic acids is 2. The van der Waals surface area contributed by atoms with Crippen molar-refractivity contribution in [1.29, 1.82) is 0 Å². The van der Waals surface area contributed by atoms with Crippen LogP contribution < -0.4 is 5.32 Å². The maximum Gasteiger partial charge on any atom is 0.237 e. The van der Waals surface area contributed by atoms with Gasteiger partial charge >= 0.3 is 0 Å². The summed E-state index contributed by atoms with van der Waals surface area (Å²) >= 11 is 0. The molecule has 0 aromatic rings. The van der Waals surface area contributed by atoms with Crippen LogP contribution in [0.15, 0.2) is 24.0 Å². The van der Waals surface area contributed by atoms with Crippen molar-refractivity contribution < 1.29 is 14.3 Å². The Morgan fingerprint density at radius 1 is 1.40 bits per heavy atom. The Labute approximate surface area is 118 Å². The molecule has 3 rings (SSSR count). The summed E-state index contributed by atoms with van der Waals surface area (Å²) in [7, 11) is 1.82. The van der Waals surface area contributed by atoms with E-state index >= 15 is 0 Å². The first kappa shape index (κ1) is 13.4. The third kappa shape index (κ3) is 2.26. The molecule has 5 nitrogen and oxygen atoms in total. The van der Waals surface area contributed by atoms with E-state index < -0.39 is 5.92 Å². The third-order valence-electron chi connectivity index (χ3n) is 4.49. The van der Waals surface area contributed by atoms with Crippen LogP contribution in [0, 0.1) is 11.8 Å². The molecular weight excluding hydrogens is 256 g/mol. The van der Waals surface area contributed by atoms with E-state index in [4.69, 9.17) is 4.74 Å². The molecule has 0 radical (unpaired) electrons. The van der Waals surface area contributed by atoms with Crippen LogP contribution in [0.2, 0.25) is 0 Å². The molecule has 20 heavy (non-hydrogen) atoms. The number of piperidine rings is 1. The van der Waals surface area contributed by atoms with Crippen LogP contribution in [-0.2, 0) is 14.3 Å². The van der Waals surface area contributed by atoms with Crippen molar-refractivity contribution in [2.75, 3.05) is 26.7 Å². The Morgan fingerprint density at radius 3 is 2.90 bits per heavy atom. The smallest absolute Gasteiger partial charge is 0.237 e. The first-order valence-corrected chi connectivity index (χ1v) is 7.19. The Balaban J connectivity index is 1.72. The quantitative estimate of drug-likeness (QED) is 0.745. The van der Waals surface area contributed by atoms with Crippen molar-refractivity contribution in [1.82, 2.24) is 10.2 Å². The van der Waals surface area contributed by atoms with Gasteiger partial charge in [-0.3, -0.25) is 9.59 Å². The summed E-state index contributed by atoms with van der Waals surface area (Å²) in [5, 5.41) is 3.28. The molecule has 2 atom stereocenters. The summed E-state index contributed by atoms with van der Waals surface area (Å²) in [5.74, 6) is -1.000. The van der Waals surface area contributed by atoms with E-state index in [0.29, 0.717) is 6.61 Å². The van der Waals surface area contributed by atoms with Gasteiger partial charge in [-0.15, -0.1) is 0 Å². The predicted molar refractivity (Wildman–Crippen MR) is 73.8 cm³/mol. The topological polar surface area (TPSA) is 58.6 Å². The monoisotopic (exact) mass is 276 g/mol. The van der Waals surface area contributed by atoms with E-state index in [9.17, 15) is 9.59 Å². The van der Waals surface area contributed by atoms with Crippen molar-refractivity contribution >= 4 is 11.7 Å². The van der Waals surface area contributed by atoms with Crippen LogP contribution in [0.1, 0.15) is 12.8 Å². The van der Waals surface area contributed by atoms with Crippen LogP contribution in [0.5, 0.6) is 0 Å². The Kier molecular flexibility index (Phi) is 3.61. The number of carbonyl (C=O) groups is 2. The summed E-state index contributed by atoms with van der Waals surface area (Å²) < 4.78 is 5.20. The second-order valence-corrected chi connectivity index (χ2v) is 5.67. The van der Waals surface area contributed by atoms with E-state index in [-0.39, 0.29) is 23.7 Å². The molecular formula is C15H20N2O3. The number of ether oxygens (including phenoxy) is 1. The summed E-state index contributed by atoms with van der Waals surface area (Å²) in [4.78, 5) is 26.7. The van der Waals surface area contributed by atoms with Gasteiger partial charge in [-0.05, 0) is 25.9 Å². The van der Waals surface area contributed by atoms with Gasteiger partial charge in [0.1, 0.15) is 12.5 Å². The van der Waals surface area contributed by atoms with Crippen molar-refractivity contribution in [3.05, 3.63) is 24.0 Å². The van der Waals surface area contributed by atoms with Gasteiger partial charge in [0.05, 0.1) is 12.2 Å². The van der Waals surface area contributed by atoms with Crippen LogP contribution in [0.4, 0.5) is 0 Å². The van der Waals surface area contributed by atoms with Gasteiger partial charge in [0.2, 0.25) is 5.91 Å². The van der Waals surface area contributed by atoms with Gasteiger partial charge in [0.25, 0.3) is 0 Å². The molecule has 2 heterocycles. The highest BCUT2D eigenvalue weighted by Crippen LogP contribution is 2.30. The second-order valence-electron chi connectivity index (χ2n) is 5.67. The largest absolute Gasteiger partial charge is 0.500 e. The van der Waals surface area contributed by atoms with Gasteiger partial charge in [-0.2, -0.15) is 0 Å². The molecule has 1 fully saturated rings. The standard InChI is InChI=1S/C15H20N2O3/c1-17(11-4-6-16-7-5-11)15(19)12-3-2-10-8-20-9-13(10)14(12)18/h2-3,8,11-13,16H,4-7,9H2,1H3. The minimum atomic E-state index is -0.640. The van der Waals surface area contributed by atoms with Crippen LogP contribution >= 0.6 is 0 Å². The molecule has 0 spiro atoms. The van der Waals surface area contributed by atoms with E-state index in [1.807, 2.05) is 13.1 Å². The number of fused-ring (bicyclic) bond motifs is 1. The summed E-state index contributed by atoms with van der Waals surface area (Å²) in [6, 6.07) is 0.238. The zero-order valence-corrected chi connectivity index (χ0v) is 11.7. The lowest BCUT2D eigenvalue weighted by molar-refractivity contribution is -0.141. The molecule has 0 aromatic heterocycles. The number of allylic oxidation sites excluding steroid dienone is 1. The zero-order chi connectivity index (χ0) is 14.1. The van der Waals surface area contributed by atoms with E-state index in [2.05, 4.69) is 5.32 Å². The number of nitrogens with one attached hydrogen (secondary N) is 1. The molecule has 5 heteroatoms. The molecule has 2 unspecified atom stereocenters. The molecule has 1 saturated heterocycles. The van der Waals surface area contributed by atoms with Crippen LogP contribution in [0.3, 0.4) is 0 Å². The molecule has 1 amide bonds. The number of amides is 1. The van der Waals surface area contributed by atoms with Gasteiger partial charge in [0, 0.05) is 18.7 Å². The van der Waals surface area contributed by atoms with Crippen molar-refractivity contribution in [2.45, 2.75) is 18.9 Å². The fourth-order valence-electron chi connectivity index (χ4n) is 3.14. The maximum atomic E-state index is 12.6. The number of nitrogens with zero attached hydrogens (tertiary/aromatic N) is 1. The molecule has 0 saturated carbocycles. The SMILES string of the molecule is CN(C(=O)C1C=CC2=COCC2C1=O)C1CCNCC1. The van der Waals surface area contributed by atoms with Gasteiger partial charge in [-0.1, -0.05) is 12.2 Å². The minimum Gasteiger partial charge on any atom is -0.500 e. The molecule has 108 valence electrons. The van der Waals surface area contributed by atoms with Gasteiger partial charge in [0.15, 0.2) is 5.78 Å². The molecule has 2 aliphatic heterocycles. The average Bonchev–Trinajstić information content (AvgIpc) is 2.96. The highest BCUT2D eigenvalue weighted by Gasteiger charge is 2.40. The zero-order valence-electron chi connectivity index (χ0n) is 11.7. The van der Waals surface area contributed by atoms with Crippen LogP contribution in [0.25, 0.3) is 0 Å².